The summed E-state index contributed by atoms with van der Waals surface area (Å²) in [5, 5.41) is 3.55. The summed E-state index contributed by atoms with van der Waals surface area (Å²) in [4.78, 5) is 1.35. The maximum Gasteiger partial charge on any atom is 0.122 e. The minimum absolute atomic E-state index is 0.414. The predicted molar refractivity (Wildman–Crippen MR) is 85.0 cm³/mol. The highest BCUT2D eigenvalue weighted by Crippen LogP contribution is 2.22. The monoisotopic (exact) mass is 339 g/mol. The summed E-state index contributed by atoms with van der Waals surface area (Å²) < 4.78 is 6.56. The molecule has 1 aromatic carbocycles. The normalized spacial score (nSPS) is 12.4. The number of rotatable bonds is 6. The molecule has 2 rings (SSSR count). The molecule has 0 spiro atoms. The highest BCUT2D eigenvalue weighted by molar-refractivity contribution is 9.11. The molecule has 2 aromatic rings. The molecule has 0 saturated carbocycles. The van der Waals surface area contributed by atoms with Crippen molar-refractivity contribution in [2.45, 2.75) is 25.9 Å². The van der Waals surface area contributed by atoms with Crippen molar-refractivity contribution in [3.63, 3.8) is 0 Å². The molecule has 4 heteroatoms. The van der Waals surface area contributed by atoms with Crippen LogP contribution in [-0.4, -0.2) is 13.2 Å². The third-order valence-corrected chi connectivity index (χ3v) is 4.60. The topological polar surface area (TPSA) is 21.3 Å². The molecule has 0 fully saturated rings. The van der Waals surface area contributed by atoms with Crippen LogP contribution >= 0.6 is 27.3 Å². The highest BCUT2D eigenvalue weighted by Gasteiger charge is 2.08. The lowest BCUT2D eigenvalue weighted by Crippen LogP contribution is -2.27. The SMILES string of the molecule is COc1ccccc1CC(C)NCc1ccc(Br)s1. The molecule has 102 valence electrons. The van der Waals surface area contributed by atoms with Crippen LogP contribution in [0.25, 0.3) is 0 Å². The number of methoxy groups -OCH3 is 1. The number of thiophene rings is 1. The summed E-state index contributed by atoms with van der Waals surface area (Å²) in [6, 6.07) is 12.9. The minimum atomic E-state index is 0.414. The van der Waals surface area contributed by atoms with Gasteiger partial charge in [-0.1, -0.05) is 18.2 Å². The first-order chi connectivity index (χ1) is 9.19. The van der Waals surface area contributed by atoms with E-state index in [4.69, 9.17) is 4.74 Å². The number of hydrogen-bond donors (Lipinski definition) is 1. The van der Waals surface area contributed by atoms with Crippen molar-refractivity contribution in [1.82, 2.24) is 5.32 Å². The third kappa shape index (κ3) is 4.34. The second-order valence-corrected chi connectivity index (χ2v) is 7.05. The minimum Gasteiger partial charge on any atom is -0.496 e. The molecule has 19 heavy (non-hydrogen) atoms. The summed E-state index contributed by atoms with van der Waals surface area (Å²) in [7, 11) is 1.72. The largest absolute Gasteiger partial charge is 0.496 e. The molecule has 1 unspecified atom stereocenters. The van der Waals surface area contributed by atoms with Crippen LogP contribution in [0.5, 0.6) is 5.75 Å². The molecule has 1 N–H and O–H groups in total. The Morgan fingerprint density at radius 2 is 2.05 bits per heavy atom. The molecule has 0 aliphatic carbocycles. The zero-order chi connectivity index (χ0) is 13.7. The Hall–Kier alpha value is -0.840. The molecule has 1 aromatic heterocycles. The molecule has 0 amide bonds. The number of ether oxygens (including phenoxy) is 1. The summed E-state index contributed by atoms with van der Waals surface area (Å²) in [5.74, 6) is 0.968. The van der Waals surface area contributed by atoms with E-state index in [0.717, 1.165) is 18.7 Å². The lowest BCUT2D eigenvalue weighted by atomic mass is 10.1. The van der Waals surface area contributed by atoms with Gasteiger partial charge in [-0.05, 0) is 53.0 Å². The Morgan fingerprint density at radius 1 is 1.26 bits per heavy atom. The van der Waals surface area contributed by atoms with Crippen LogP contribution in [0.3, 0.4) is 0 Å². The van der Waals surface area contributed by atoms with Gasteiger partial charge in [-0.3, -0.25) is 0 Å². The summed E-state index contributed by atoms with van der Waals surface area (Å²) in [5.41, 5.74) is 1.25. The maximum atomic E-state index is 5.38. The van der Waals surface area contributed by atoms with Crippen LogP contribution in [0.4, 0.5) is 0 Å². The molecular weight excluding hydrogens is 322 g/mol. The van der Waals surface area contributed by atoms with Crippen molar-refractivity contribution in [1.29, 1.82) is 0 Å². The van der Waals surface area contributed by atoms with E-state index >= 15 is 0 Å². The first kappa shape index (κ1) is 14.6. The van der Waals surface area contributed by atoms with Crippen LogP contribution in [0.2, 0.25) is 0 Å². The average molecular weight is 340 g/mol. The van der Waals surface area contributed by atoms with E-state index in [2.05, 4.69) is 52.4 Å². The Morgan fingerprint density at radius 3 is 2.74 bits per heavy atom. The molecule has 1 heterocycles. The fourth-order valence-corrected chi connectivity index (χ4v) is 3.43. The van der Waals surface area contributed by atoms with Crippen LogP contribution in [0, 0.1) is 0 Å². The van der Waals surface area contributed by atoms with Crippen molar-refractivity contribution >= 4 is 27.3 Å². The third-order valence-electron chi connectivity index (χ3n) is 2.97. The second-order valence-electron chi connectivity index (χ2n) is 4.50. The Kier molecular flexibility index (Phi) is 5.43. The number of nitrogens with one attached hydrogen (secondary N) is 1. The molecule has 0 aliphatic heterocycles. The van der Waals surface area contributed by atoms with Gasteiger partial charge in [0, 0.05) is 17.5 Å². The summed E-state index contributed by atoms with van der Waals surface area (Å²) in [6.45, 7) is 3.11. The second kappa shape index (κ2) is 7.08. The Bertz CT molecular complexity index is 526. The highest BCUT2D eigenvalue weighted by atomic mass is 79.9. The van der Waals surface area contributed by atoms with E-state index < -0.39 is 0 Å². The number of halogens is 1. The van der Waals surface area contributed by atoms with E-state index in [0.29, 0.717) is 6.04 Å². The number of para-hydroxylation sites is 1. The summed E-state index contributed by atoms with van der Waals surface area (Å²) in [6.07, 6.45) is 0.969. The van der Waals surface area contributed by atoms with Gasteiger partial charge in [0.25, 0.3) is 0 Å². The van der Waals surface area contributed by atoms with Crippen LogP contribution in [0.1, 0.15) is 17.4 Å². The predicted octanol–water partition coefficient (Wildman–Crippen LogP) is 4.24. The zero-order valence-electron chi connectivity index (χ0n) is 11.2. The van der Waals surface area contributed by atoms with E-state index in [1.807, 2.05) is 12.1 Å². The fourth-order valence-electron chi connectivity index (χ4n) is 2.00. The number of hydrogen-bond acceptors (Lipinski definition) is 3. The maximum absolute atomic E-state index is 5.38. The quantitative estimate of drug-likeness (QED) is 0.849. The molecule has 0 radical (unpaired) electrons. The zero-order valence-corrected chi connectivity index (χ0v) is 13.6. The lowest BCUT2D eigenvalue weighted by Gasteiger charge is -2.15. The molecule has 1 atom stereocenters. The van der Waals surface area contributed by atoms with Gasteiger partial charge in [-0.25, -0.2) is 0 Å². The smallest absolute Gasteiger partial charge is 0.122 e. The van der Waals surface area contributed by atoms with Gasteiger partial charge >= 0.3 is 0 Å². The van der Waals surface area contributed by atoms with Gasteiger partial charge in [0.15, 0.2) is 0 Å². The Balaban J connectivity index is 1.88. The molecule has 2 nitrogen and oxygen atoms in total. The van der Waals surface area contributed by atoms with E-state index in [1.54, 1.807) is 18.4 Å². The van der Waals surface area contributed by atoms with Crippen molar-refractivity contribution in [2.75, 3.05) is 7.11 Å². The van der Waals surface area contributed by atoms with Gasteiger partial charge in [0.2, 0.25) is 0 Å². The van der Waals surface area contributed by atoms with Gasteiger partial charge in [0.1, 0.15) is 5.75 Å². The molecule has 0 aliphatic rings. The van der Waals surface area contributed by atoms with Crippen LogP contribution in [0.15, 0.2) is 40.2 Å². The molecule has 0 bridgehead atoms. The van der Waals surface area contributed by atoms with Crippen LogP contribution < -0.4 is 10.1 Å². The van der Waals surface area contributed by atoms with E-state index in [-0.39, 0.29) is 0 Å². The van der Waals surface area contributed by atoms with Crippen molar-refractivity contribution in [3.05, 3.63) is 50.6 Å². The van der Waals surface area contributed by atoms with Crippen molar-refractivity contribution in [3.8, 4) is 5.75 Å². The van der Waals surface area contributed by atoms with Gasteiger partial charge in [-0.15, -0.1) is 11.3 Å². The fraction of sp³-hybridized carbons (Fsp3) is 0.333. The average Bonchev–Trinajstić information content (AvgIpc) is 2.83. The molecular formula is C15H18BrNOS. The van der Waals surface area contributed by atoms with E-state index in [1.165, 1.54) is 14.2 Å². The first-order valence-electron chi connectivity index (χ1n) is 6.28. The van der Waals surface area contributed by atoms with Gasteiger partial charge in [-0.2, -0.15) is 0 Å². The first-order valence-corrected chi connectivity index (χ1v) is 7.89. The summed E-state index contributed by atoms with van der Waals surface area (Å²) >= 11 is 5.26. The van der Waals surface area contributed by atoms with Crippen molar-refractivity contribution in [2.24, 2.45) is 0 Å². The van der Waals surface area contributed by atoms with Gasteiger partial charge in [0.05, 0.1) is 10.9 Å². The van der Waals surface area contributed by atoms with Gasteiger partial charge < -0.3 is 10.1 Å². The Labute approximate surface area is 126 Å². The van der Waals surface area contributed by atoms with Crippen molar-refractivity contribution < 1.29 is 4.74 Å². The number of benzene rings is 1. The van der Waals surface area contributed by atoms with Crippen LogP contribution in [-0.2, 0) is 13.0 Å². The molecule has 0 saturated heterocycles. The van der Waals surface area contributed by atoms with E-state index in [9.17, 15) is 0 Å². The standard InChI is InChI=1S/C15H18BrNOS/c1-11(17-10-13-7-8-15(16)19-13)9-12-5-3-4-6-14(12)18-2/h3-8,11,17H,9-10H2,1-2H3. The lowest BCUT2D eigenvalue weighted by molar-refractivity contribution is 0.406.